The maximum absolute atomic E-state index is 14.0. The molecule has 212 valence electrons. The van der Waals surface area contributed by atoms with Gasteiger partial charge in [-0.15, -0.1) is 0 Å². The third-order valence-electron chi connectivity index (χ3n) is 7.13. The highest BCUT2D eigenvalue weighted by Gasteiger charge is 2.46. The van der Waals surface area contributed by atoms with Crippen LogP contribution >= 0.6 is 0 Å². The lowest BCUT2D eigenvalue weighted by Crippen LogP contribution is -2.59. The van der Waals surface area contributed by atoms with Gasteiger partial charge in [0.2, 0.25) is 11.8 Å². The quantitative estimate of drug-likeness (QED) is 0.417. The van der Waals surface area contributed by atoms with Crippen LogP contribution in [0.15, 0.2) is 30.3 Å². The van der Waals surface area contributed by atoms with E-state index in [1.165, 1.54) is 0 Å². The molecule has 0 spiro atoms. The van der Waals surface area contributed by atoms with Crippen LogP contribution in [0.2, 0.25) is 0 Å². The van der Waals surface area contributed by atoms with E-state index in [0.717, 1.165) is 5.56 Å². The monoisotopic (exact) mass is 531 g/mol. The highest BCUT2D eigenvalue weighted by molar-refractivity contribution is 5.94. The second kappa shape index (κ2) is 13.1. The van der Waals surface area contributed by atoms with Gasteiger partial charge < -0.3 is 25.4 Å². The SMILES string of the molecule is CC[C@@H](C)[C@H](NC(=O)C1(c2ccccc2)CCN(C(=O)OC(C)(C)C)CC1)C(=O)N[C@@H](CC(C)C)C(=O)O. The third kappa shape index (κ3) is 8.20. The molecule has 38 heavy (non-hydrogen) atoms. The molecule has 1 saturated heterocycles. The number of ether oxygens (including phenoxy) is 1. The van der Waals surface area contributed by atoms with Crippen LogP contribution in [0.1, 0.15) is 79.7 Å². The summed E-state index contributed by atoms with van der Waals surface area (Å²) < 4.78 is 5.52. The van der Waals surface area contributed by atoms with Crippen LogP contribution in [-0.2, 0) is 24.5 Å². The van der Waals surface area contributed by atoms with Crippen molar-refractivity contribution in [3.05, 3.63) is 35.9 Å². The molecule has 0 saturated carbocycles. The molecular formula is C29H45N3O6. The second-order valence-corrected chi connectivity index (χ2v) is 11.8. The summed E-state index contributed by atoms with van der Waals surface area (Å²) in [6.07, 6.45) is 1.22. The number of amides is 3. The van der Waals surface area contributed by atoms with Crippen molar-refractivity contribution < 1.29 is 29.0 Å². The topological polar surface area (TPSA) is 125 Å². The normalized spacial score (nSPS) is 17.7. The number of carboxylic acids is 1. The Hall–Kier alpha value is -3.10. The van der Waals surface area contributed by atoms with Crippen molar-refractivity contribution in [2.45, 2.75) is 97.2 Å². The van der Waals surface area contributed by atoms with Crippen molar-refractivity contribution in [2.24, 2.45) is 11.8 Å². The minimum atomic E-state index is -1.10. The molecule has 9 heteroatoms. The molecule has 2 rings (SSSR count). The Morgan fingerprint density at radius 3 is 2.08 bits per heavy atom. The number of piperidine rings is 1. The van der Waals surface area contributed by atoms with Gasteiger partial charge in [0.25, 0.3) is 0 Å². The van der Waals surface area contributed by atoms with Crippen LogP contribution in [0.4, 0.5) is 4.79 Å². The van der Waals surface area contributed by atoms with Crippen molar-refractivity contribution >= 4 is 23.9 Å². The Balaban J connectivity index is 2.30. The number of benzene rings is 1. The fourth-order valence-corrected chi connectivity index (χ4v) is 4.74. The number of hydrogen-bond acceptors (Lipinski definition) is 5. The molecule has 3 N–H and O–H groups in total. The van der Waals surface area contributed by atoms with Crippen LogP contribution in [0.3, 0.4) is 0 Å². The van der Waals surface area contributed by atoms with E-state index in [-0.39, 0.29) is 24.2 Å². The van der Waals surface area contributed by atoms with Gasteiger partial charge in [0.1, 0.15) is 17.7 Å². The molecule has 0 aromatic heterocycles. The number of nitrogens with zero attached hydrogens (tertiary/aromatic N) is 1. The summed E-state index contributed by atoms with van der Waals surface area (Å²) in [5, 5.41) is 15.2. The second-order valence-electron chi connectivity index (χ2n) is 11.8. The minimum Gasteiger partial charge on any atom is -0.480 e. The average molecular weight is 532 g/mol. The Labute approximate surface area is 226 Å². The number of rotatable bonds is 10. The molecule has 1 aromatic carbocycles. The van der Waals surface area contributed by atoms with Gasteiger partial charge in [-0.05, 0) is 57.4 Å². The van der Waals surface area contributed by atoms with E-state index in [4.69, 9.17) is 4.74 Å². The van der Waals surface area contributed by atoms with Crippen LogP contribution in [0, 0.1) is 11.8 Å². The van der Waals surface area contributed by atoms with E-state index in [9.17, 15) is 24.3 Å². The minimum absolute atomic E-state index is 0.0737. The van der Waals surface area contributed by atoms with Gasteiger partial charge in [0.15, 0.2) is 0 Å². The highest BCUT2D eigenvalue weighted by atomic mass is 16.6. The molecule has 0 radical (unpaired) electrons. The van der Waals surface area contributed by atoms with Gasteiger partial charge in [-0.2, -0.15) is 0 Å². The predicted molar refractivity (Wildman–Crippen MR) is 146 cm³/mol. The molecule has 0 bridgehead atoms. The number of nitrogens with one attached hydrogen (secondary N) is 2. The van der Waals surface area contributed by atoms with E-state index in [0.29, 0.717) is 32.4 Å². The summed E-state index contributed by atoms with van der Waals surface area (Å²) in [5.41, 5.74) is -0.758. The lowest BCUT2D eigenvalue weighted by molar-refractivity contribution is -0.143. The Morgan fingerprint density at radius 1 is 1.03 bits per heavy atom. The summed E-state index contributed by atoms with van der Waals surface area (Å²) in [6.45, 7) is 13.7. The number of carbonyl (C=O) groups excluding carboxylic acids is 3. The molecule has 1 aromatic rings. The number of aliphatic carboxylic acids is 1. The van der Waals surface area contributed by atoms with Crippen molar-refractivity contribution in [1.29, 1.82) is 0 Å². The zero-order chi connectivity index (χ0) is 28.7. The van der Waals surface area contributed by atoms with Gasteiger partial charge in [-0.1, -0.05) is 64.4 Å². The summed E-state index contributed by atoms with van der Waals surface area (Å²) in [4.78, 5) is 53.4. The molecule has 0 unspecified atom stereocenters. The first kappa shape index (κ1) is 31.1. The average Bonchev–Trinajstić information content (AvgIpc) is 2.85. The Kier molecular flexibility index (Phi) is 10.7. The summed E-state index contributed by atoms with van der Waals surface area (Å²) >= 11 is 0. The zero-order valence-electron chi connectivity index (χ0n) is 23.9. The fraction of sp³-hybridized carbons (Fsp3) is 0.655. The van der Waals surface area contributed by atoms with E-state index in [2.05, 4.69) is 10.6 Å². The van der Waals surface area contributed by atoms with Crippen molar-refractivity contribution in [3.63, 3.8) is 0 Å². The molecule has 9 nitrogen and oxygen atoms in total. The van der Waals surface area contributed by atoms with Crippen molar-refractivity contribution in [1.82, 2.24) is 15.5 Å². The predicted octanol–water partition coefficient (Wildman–Crippen LogP) is 4.10. The van der Waals surface area contributed by atoms with Crippen LogP contribution in [0.5, 0.6) is 0 Å². The Bertz CT molecular complexity index is 964. The molecule has 3 amide bonds. The standard InChI is InChI=1S/C29H45N3O6/c1-8-20(4)23(24(33)30-22(25(34)35)18-19(2)3)31-26(36)29(21-12-10-9-11-13-21)14-16-32(17-15-29)27(37)38-28(5,6)7/h9-13,19-20,22-23H,8,14-18H2,1-7H3,(H,30,33)(H,31,36)(H,34,35)/t20-,22+,23+/m1/s1. The van der Waals surface area contributed by atoms with Gasteiger partial charge >= 0.3 is 12.1 Å². The largest absolute Gasteiger partial charge is 0.480 e. The molecule has 1 fully saturated rings. The van der Waals surface area contributed by atoms with Crippen molar-refractivity contribution in [3.8, 4) is 0 Å². The number of hydrogen-bond donors (Lipinski definition) is 3. The molecular weight excluding hydrogens is 486 g/mol. The van der Waals surface area contributed by atoms with Crippen molar-refractivity contribution in [2.75, 3.05) is 13.1 Å². The highest BCUT2D eigenvalue weighted by Crippen LogP contribution is 2.37. The summed E-state index contributed by atoms with van der Waals surface area (Å²) in [5.74, 6) is -2.05. The van der Waals surface area contributed by atoms with Gasteiger partial charge in [0.05, 0.1) is 5.41 Å². The summed E-state index contributed by atoms with van der Waals surface area (Å²) in [7, 11) is 0. The third-order valence-corrected chi connectivity index (χ3v) is 7.13. The number of carbonyl (C=O) groups is 4. The lowest BCUT2D eigenvalue weighted by atomic mass is 9.71. The van der Waals surface area contributed by atoms with E-state index in [1.807, 2.05) is 78.8 Å². The van der Waals surface area contributed by atoms with E-state index < -0.39 is 41.1 Å². The van der Waals surface area contributed by atoms with Crippen LogP contribution < -0.4 is 10.6 Å². The van der Waals surface area contributed by atoms with Gasteiger partial charge in [0, 0.05) is 13.1 Å². The first-order valence-electron chi connectivity index (χ1n) is 13.6. The number of likely N-dealkylation sites (tertiary alicyclic amines) is 1. The molecule has 1 aliphatic heterocycles. The van der Waals surface area contributed by atoms with E-state index >= 15 is 0 Å². The van der Waals surface area contributed by atoms with E-state index in [1.54, 1.807) is 4.90 Å². The first-order valence-corrected chi connectivity index (χ1v) is 13.6. The fourth-order valence-electron chi connectivity index (χ4n) is 4.74. The maximum Gasteiger partial charge on any atom is 0.410 e. The first-order chi connectivity index (χ1) is 17.7. The zero-order valence-corrected chi connectivity index (χ0v) is 23.9. The molecule has 1 heterocycles. The maximum atomic E-state index is 14.0. The molecule has 1 aliphatic rings. The van der Waals surface area contributed by atoms with Crippen LogP contribution in [-0.4, -0.2) is 64.7 Å². The lowest BCUT2D eigenvalue weighted by Gasteiger charge is -2.42. The molecule has 3 atom stereocenters. The Morgan fingerprint density at radius 2 is 1.61 bits per heavy atom. The summed E-state index contributed by atoms with van der Waals surface area (Å²) in [6, 6.07) is 7.46. The smallest absolute Gasteiger partial charge is 0.410 e. The van der Waals surface area contributed by atoms with Crippen LogP contribution in [0.25, 0.3) is 0 Å². The van der Waals surface area contributed by atoms with Gasteiger partial charge in [-0.25, -0.2) is 9.59 Å². The van der Waals surface area contributed by atoms with Gasteiger partial charge in [-0.3, -0.25) is 9.59 Å². The molecule has 0 aliphatic carbocycles. The number of carboxylic acid groups (broad SMARTS) is 1.